The van der Waals surface area contributed by atoms with Crippen LogP contribution in [0, 0.1) is 0 Å². The number of aryl methyl sites for hydroxylation is 1. The van der Waals surface area contributed by atoms with E-state index in [1.54, 1.807) is 10.7 Å². The van der Waals surface area contributed by atoms with Gasteiger partial charge in [-0.1, -0.05) is 61.9 Å². The second-order valence-electron chi connectivity index (χ2n) is 6.42. The van der Waals surface area contributed by atoms with Crippen LogP contribution in [0.1, 0.15) is 29.4 Å². The quantitative estimate of drug-likeness (QED) is 0.462. The van der Waals surface area contributed by atoms with E-state index in [0.29, 0.717) is 11.4 Å². The van der Waals surface area contributed by atoms with Crippen molar-refractivity contribution in [2.24, 2.45) is 0 Å². The molecular weight excluding hydrogens is 336 g/mol. The van der Waals surface area contributed by atoms with Gasteiger partial charge in [0.2, 0.25) is 5.88 Å². The van der Waals surface area contributed by atoms with Gasteiger partial charge in [-0.05, 0) is 41.5 Å². The van der Waals surface area contributed by atoms with E-state index in [0.717, 1.165) is 35.0 Å². The summed E-state index contributed by atoms with van der Waals surface area (Å²) in [5.41, 5.74) is 2.29. The fraction of sp³-hybridized carbons (Fsp3) is 0.130. The van der Waals surface area contributed by atoms with Gasteiger partial charge in [0.25, 0.3) is 0 Å². The number of benzene rings is 3. The highest BCUT2D eigenvalue weighted by Gasteiger charge is 2.16. The molecule has 4 heteroatoms. The van der Waals surface area contributed by atoms with Crippen LogP contribution in [0.2, 0.25) is 0 Å². The molecule has 0 aliphatic rings. The molecule has 0 saturated carbocycles. The summed E-state index contributed by atoms with van der Waals surface area (Å²) in [4.78, 5) is 12.7. The van der Waals surface area contributed by atoms with Gasteiger partial charge in [-0.15, -0.1) is 0 Å². The summed E-state index contributed by atoms with van der Waals surface area (Å²) >= 11 is 0. The SMILES string of the molecule is CCCc1cc(OC(=O)c2ccc3ccccc3c2)n(-c2ccccc2)n1. The van der Waals surface area contributed by atoms with Crippen LogP contribution >= 0.6 is 0 Å². The minimum Gasteiger partial charge on any atom is -0.404 e. The molecule has 134 valence electrons. The fourth-order valence-electron chi connectivity index (χ4n) is 3.09. The lowest BCUT2D eigenvalue weighted by molar-refractivity contribution is 0.0723. The molecule has 0 aliphatic carbocycles. The number of carbonyl (C=O) groups is 1. The van der Waals surface area contributed by atoms with Crippen molar-refractivity contribution in [2.45, 2.75) is 19.8 Å². The maximum absolute atomic E-state index is 12.7. The monoisotopic (exact) mass is 356 g/mol. The number of ether oxygens (including phenoxy) is 1. The first-order valence-electron chi connectivity index (χ1n) is 9.10. The molecule has 0 bridgehead atoms. The Kier molecular flexibility index (Phi) is 4.71. The Morgan fingerprint density at radius 2 is 1.67 bits per heavy atom. The summed E-state index contributed by atoms with van der Waals surface area (Å²) in [5, 5.41) is 6.71. The van der Waals surface area contributed by atoms with Crippen LogP contribution in [0.25, 0.3) is 16.5 Å². The van der Waals surface area contributed by atoms with E-state index in [-0.39, 0.29) is 5.97 Å². The lowest BCUT2D eigenvalue weighted by Crippen LogP contribution is -2.11. The standard InChI is InChI=1S/C23H20N2O2/c1-2-8-20-16-22(25(24-20)21-11-4-3-5-12-21)27-23(26)19-14-13-17-9-6-7-10-18(17)15-19/h3-7,9-16H,2,8H2,1H3. The van der Waals surface area contributed by atoms with Gasteiger partial charge >= 0.3 is 5.97 Å². The van der Waals surface area contributed by atoms with Crippen LogP contribution in [-0.4, -0.2) is 15.7 Å². The highest BCUT2D eigenvalue weighted by atomic mass is 16.5. The zero-order chi connectivity index (χ0) is 18.6. The second-order valence-corrected chi connectivity index (χ2v) is 6.42. The topological polar surface area (TPSA) is 44.1 Å². The van der Waals surface area contributed by atoms with Gasteiger partial charge in [0.1, 0.15) is 0 Å². The van der Waals surface area contributed by atoms with E-state index in [4.69, 9.17) is 4.74 Å². The van der Waals surface area contributed by atoms with Crippen LogP contribution in [0.15, 0.2) is 78.9 Å². The molecule has 27 heavy (non-hydrogen) atoms. The molecule has 0 unspecified atom stereocenters. The molecule has 1 aromatic heterocycles. The van der Waals surface area contributed by atoms with Crippen molar-refractivity contribution in [1.29, 1.82) is 0 Å². The number of aromatic nitrogens is 2. The van der Waals surface area contributed by atoms with Crippen LogP contribution in [0.5, 0.6) is 5.88 Å². The molecule has 3 aromatic carbocycles. The molecule has 4 aromatic rings. The van der Waals surface area contributed by atoms with Crippen molar-refractivity contribution < 1.29 is 9.53 Å². The van der Waals surface area contributed by atoms with Crippen LogP contribution in [-0.2, 0) is 6.42 Å². The predicted molar refractivity (Wildman–Crippen MR) is 106 cm³/mol. The maximum Gasteiger partial charge on any atom is 0.344 e. The molecular formula is C23H20N2O2. The van der Waals surface area contributed by atoms with Crippen molar-refractivity contribution in [1.82, 2.24) is 9.78 Å². The Labute approximate surface area is 158 Å². The molecule has 1 heterocycles. The van der Waals surface area contributed by atoms with Gasteiger partial charge in [0, 0.05) is 6.07 Å². The number of hydrogen-bond acceptors (Lipinski definition) is 3. The first kappa shape index (κ1) is 17.0. The summed E-state index contributed by atoms with van der Waals surface area (Å²) in [6.07, 6.45) is 1.81. The van der Waals surface area contributed by atoms with E-state index in [1.807, 2.05) is 72.8 Å². The predicted octanol–water partition coefficient (Wildman–Crippen LogP) is 5.20. The van der Waals surface area contributed by atoms with Crippen molar-refractivity contribution >= 4 is 16.7 Å². The highest BCUT2D eigenvalue weighted by molar-refractivity contribution is 5.96. The molecule has 4 rings (SSSR count). The summed E-state index contributed by atoms with van der Waals surface area (Å²) in [6, 6.07) is 25.1. The largest absolute Gasteiger partial charge is 0.404 e. The molecule has 0 amide bonds. The second kappa shape index (κ2) is 7.46. The Morgan fingerprint density at radius 3 is 2.44 bits per heavy atom. The zero-order valence-corrected chi connectivity index (χ0v) is 15.1. The van der Waals surface area contributed by atoms with Gasteiger partial charge in [-0.2, -0.15) is 5.10 Å². The number of nitrogens with zero attached hydrogens (tertiary/aromatic N) is 2. The van der Waals surface area contributed by atoms with E-state index in [2.05, 4.69) is 12.0 Å². The van der Waals surface area contributed by atoms with Gasteiger partial charge in [-0.3, -0.25) is 0 Å². The maximum atomic E-state index is 12.7. The molecule has 0 N–H and O–H groups in total. The number of hydrogen-bond donors (Lipinski definition) is 0. The number of esters is 1. The molecule has 0 saturated heterocycles. The number of fused-ring (bicyclic) bond motifs is 1. The van der Waals surface area contributed by atoms with Crippen LogP contribution in [0.3, 0.4) is 0 Å². The van der Waals surface area contributed by atoms with Crippen molar-refractivity contribution in [3.63, 3.8) is 0 Å². The summed E-state index contributed by atoms with van der Waals surface area (Å²) < 4.78 is 7.41. The highest BCUT2D eigenvalue weighted by Crippen LogP contribution is 2.22. The van der Waals surface area contributed by atoms with Crippen LogP contribution < -0.4 is 4.74 Å². The summed E-state index contributed by atoms with van der Waals surface area (Å²) in [6.45, 7) is 2.10. The van der Waals surface area contributed by atoms with Crippen molar-refractivity contribution in [2.75, 3.05) is 0 Å². The van der Waals surface area contributed by atoms with Crippen LogP contribution in [0.4, 0.5) is 0 Å². The fourth-order valence-corrected chi connectivity index (χ4v) is 3.09. The Bertz CT molecular complexity index is 1080. The molecule has 0 spiro atoms. The lowest BCUT2D eigenvalue weighted by atomic mass is 10.1. The first-order chi connectivity index (χ1) is 13.2. The minimum atomic E-state index is -0.388. The Hall–Kier alpha value is -3.40. The van der Waals surface area contributed by atoms with Crippen molar-refractivity contribution in [3.8, 4) is 11.6 Å². The molecule has 0 atom stereocenters. The average Bonchev–Trinajstić information content (AvgIpc) is 3.11. The smallest absolute Gasteiger partial charge is 0.344 e. The number of para-hydroxylation sites is 1. The van der Waals surface area contributed by atoms with Gasteiger partial charge < -0.3 is 4.74 Å². The minimum absolute atomic E-state index is 0.388. The van der Waals surface area contributed by atoms with E-state index < -0.39 is 0 Å². The number of carbonyl (C=O) groups excluding carboxylic acids is 1. The normalized spacial score (nSPS) is 10.9. The Balaban J connectivity index is 1.67. The van der Waals surface area contributed by atoms with Gasteiger partial charge in [0.05, 0.1) is 16.9 Å². The van der Waals surface area contributed by atoms with Crippen molar-refractivity contribution in [3.05, 3.63) is 90.1 Å². The number of rotatable bonds is 5. The first-order valence-corrected chi connectivity index (χ1v) is 9.10. The Morgan fingerprint density at radius 1 is 0.926 bits per heavy atom. The molecule has 0 radical (unpaired) electrons. The van der Waals surface area contributed by atoms with Gasteiger partial charge in [-0.25, -0.2) is 9.48 Å². The molecule has 0 aliphatic heterocycles. The summed E-state index contributed by atoms with van der Waals surface area (Å²) in [7, 11) is 0. The third kappa shape index (κ3) is 3.60. The average molecular weight is 356 g/mol. The lowest BCUT2D eigenvalue weighted by Gasteiger charge is -2.08. The third-order valence-electron chi connectivity index (χ3n) is 4.42. The third-order valence-corrected chi connectivity index (χ3v) is 4.42. The zero-order valence-electron chi connectivity index (χ0n) is 15.1. The van der Waals surface area contributed by atoms with Gasteiger partial charge in [0.15, 0.2) is 0 Å². The summed E-state index contributed by atoms with van der Waals surface area (Å²) in [5.74, 6) is 0.0451. The van der Waals surface area contributed by atoms with E-state index in [1.165, 1.54) is 0 Å². The van der Waals surface area contributed by atoms with E-state index >= 15 is 0 Å². The van der Waals surface area contributed by atoms with E-state index in [9.17, 15) is 4.79 Å². The molecule has 4 nitrogen and oxygen atoms in total. The molecule has 0 fully saturated rings.